The number of aromatic nitrogens is 1. The molecule has 1 saturated carbocycles. The molecule has 1 aromatic carbocycles. The minimum Gasteiger partial charge on any atom is -0.347 e. The molecule has 0 saturated heterocycles. The Bertz CT molecular complexity index is 537. The van der Waals surface area contributed by atoms with E-state index >= 15 is 0 Å². The average molecular weight is 242 g/mol. The van der Waals surface area contributed by atoms with Crippen LogP contribution in [0.15, 0.2) is 30.5 Å². The highest BCUT2D eigenvalue weighted by Gasteiger charge is 2.22. The summed E-state index contributed by atoms with van der Waals surface area (Å²) in [7, 11) is 2.03. The van der Waals surface area contributed by atoms with Crippen molar-refractivity contribution in [2.75, 3.05) is 7.05 Å². The fraction of sp³-hybridized carbons (Fsp3) is 0.500. The maximum absolute atomic E-state index is 3.31. The lowest BCUT2D eigenvalue weighted by molar-refractivity contribution is 0.608. The number of hydrogen-bond donors (Lipinski definition) is 1. The second-order valence-corrected chi connectivity index (χ2v) is 5.70. The molecule has 0 spiro atoms. The first-order valence-electron chi connectivity index (χ1n) is 7.01. The van der Waals surface area contributed by atoms with E-state index in [9.17, 15) is 0 Å². The van der Waals surface area contributed by atoms with Gasteiger partial charge in [0.25, 0.3) is 0 Å². The van der Waals surface area contributed by atoms with E-state index in [-0.39, 0.29) is 0 Å². The van der Waals surface area contributed by atoms with Crippen molar-refractivity contribution in [2.24, 2.45) is 5.92 Å². The molecule has 18 heavy (non-hydrogen) atoms. The Kier molecular flexibility index (Phi) is 3.13. The molecule has 2 heteroatoms. The zero-order valence-electron chi connectivity index (χ0n) is 11.3. The van der Waals surface area contributed by atoms with Crippen molar-refractivity contribution < 1.29 is 0 Å². The van der Waals surface area contributed by atoms with Crippen molar-refractivity contribution in [1.29, 1.82) is 0 Å². The predicted molar refractivity (Wildman–Crippen MR) is 76.9 cm³/mol. The maximum Gasteiger partial charge on any atom is 0.0483 e. The van der Waals surface area contributed by atoms with Gasteiger partial charge >= 0.3 is 0 Å². The third-order valence-electron chi connectivity index (χ3n) is 4.02. The predicted octanol–water partition coefficient (Wildman–Crippen LogP) is 3.20. The first kappa shape index (κ1) is 11.8. The second-order valence-electron chi connectivity index (χ2n) is 5.70. The zero-order chi connectivity index (χ0) is 12.5. The van der Waals surface area contributed by atoms with E-state index in [2.05, 4.69) is 47.3 Å². The molecule has 1 aromatic heterocycles. The maximum atomic E-state index is 3.31. The molecule has 0 aliphatic heterocycles. The Morgan fingerprint density at radius 1 is 1.33 bits per heavy atom. The Hall–Kier alpha value is -1.28. The molecular weight excluding hydrogens is 220 g/mol. The van der Waals surface area contributed by atoms with Gasteiger partial charge in [-0.3, -0.25) is 0 Å². The minimum absolute atomic E-state index is 0.536. The lowest BCUT2D eigenvalue weighted by Gasteiger charge is -2.11. The monoisotopic (exact) mass is 242 g/mol. The van der Waals surface area contributed by atoms with Crippen molar-refractivity contribution in [3.05, 3.63) is 36.0 Å². The molecule has 2 nitrogen and oxygen atoms in total. The smallest absolute Gasteiger partial charge is 0.0483 e. The zero-order valence-corrected chi connectivity index (χ0v) is 11.3. The van der Waals surface area contributed by atoms with Gasteiger partial charge in [0.1, 0.15) is 0 Å². The van der Waals surface area contributed by atoms with Crippen LogP contribution in [0.4, 0.5) is 0 Å². The molecule has 1 fully saturated rings. The molecule has 3 rings (SSSR count). The molecule has 0 amide bonds. The quantitative estimate of drug-likeness (QED) is 0.852. The molecule has 0 bridgehead atoms. The lowest BCUT2D eigenvalue weighted by atomic mass is 10.1. The third kappa shape index (κ3) is 2.44. The van der Waals surface area contributed by atoms with Crippen LogP contribution in [0.5, 0.6) is 0 Å². The van der Waals surface area contributed by atoms with Gasteiger partial charge in [-0.05, 0) is 62.2 Å². The summed E-state index contributed by atoms with van der Waals surface area (Å²) in [6, 6.07) is 9.66. The van der Waals surface area contributed by atoms with Gasteiger partial charge in [-0.15, -0.1) is 0 Å². The van der Waals surface area contributed by atoms with Crippen molar-refractivity contribution in [3.8, 4) is 0 Å². The number of nitrogens with one attached hydrogen (secondary N) is 1. The van der Waals surface area contributed by atoms with Crippen molar-refractivity contribution >= 4 is 10.9 Å². The summed E-state index contributed by atoms with van der Waals surface area (Å²) >= 11 is 0. The Morgan fingerprint density at radius 2 is 2.17 bits per heavy atom. The Balaban J connectivity index is 1.88. The second kappa shape index (κ2) is 4.77. The van der Waals surface area contributed by atoms with E-state index in [0.29, 0.717) is 6.04 Å². The van der Waals surface area contributed by atoms with Gasteiger partial charge < -0.3 is 9.88 Å². The van der Waals surface area contributed by atoms with Crippen molar-refractivity contribution in [2.45, 2.75) is 38.8 Å². The van der Waals surface area contributed by atoms with Crippen molar-refractivity contribution in [3.63, 3.8) is 0 Å². The van der Waals surface area contributed by atoms with Crippen LogP contribution in [0.1, 0.15) is 25.3 Å². The number of nitrogens with zero attached hydrogens (tertiary/aromatic N) is 1. The van der Waals surface area contributed by atoms with Gasteiger partial charge in [0.2, 0.25) is 0 Å². The lowest BCUT2D eigenvalue weighted by Crippen LogP contribution is -2.23. The number of hydrogen-bond acceptors (Lipinski definition) is 1. The number of benzene rings is 1. The van der Waals surface area contributed by atoms with E-state index in [1.807, 2.05) is 7.05 Å². The number of rotatable bonds is 5. The Morgan fingerprint density at radius 3 is 2.89 bits per heavy atom. The van der Waals surface area contributed by atoms with E-state index < -0.39 is 0 Å². The fourth-order valence-corrected chi connectivity index (χ4v) is 2.55. The van der Waals surface area contributed by atoms with Gasteiger partial charge in [0, 0.05) is 24.3 Å². The van der Waals surface area contributed by atoms with Crippen LogP contribution in [0.2, 0.25) is 0 Å². The van der Waals surface area contributed by atoms with Crippen molar-refractivity contribution in [1.82, 2.24) is 9.88 Å². The highest BCUT2D eigenvalue weighted by atomic mass is 15.0. The third-order valence-corrected chi connectivity index (χ3v) is 4.02. The molecule has 1 heterocycles. The summed E-state index contributed by atoms with van der Waals surface area (Å²) in [6.07, 6.45) is 6.17. The van der Waals surface area contributed by atoms with Crippen LogP contribution in [0.3, 0.4) is 0 Å². The van der Waals surface area contributed by atoms with Gasteiger partial charge in [0.15, 0.2) is 0 Å². The SMILES string of the molecule is CNC(C)Cc1ccc2ccn(CC3CC3)c2c1. The summed E-state index contributed by atoms with van der Waals surface area (Å²) in [6.45, 7) is 3.43. The molecule has 96 valence electrons. The summed E-state index contributed by atoms with van der Waals surface area (Å²) in [5.41, 5.74) is 2.84. The first-order valence-corrected chi connectivity index (χ1v) is 7.01. The highest BCUT2D eigenvalue weighted by Crippen LogP contribution is 2.32. The Labute approximate surface area is 109 Å². The summed E-state index contributed by atoms with van der Waals surface area (Å²) in [5, 5.41) is 4.68. The minimum atomic E-state index is 0.536. The van der Waals surface area contributed by atoms with Crippen LogP contribution >= 0.6 is 0 Å². The number of fused-ring (bicyclic) bond motifs is 1. The molecule has 1 aliphatic rings. The molecule has 1 atom stereocenters. The van der Waals surface area contributed by atoms with Gasteiger partial charge in [-0.2, -0.15) is 0 Å². The summed E-state index contributed by atoms with van der Waals surface area (Å²) < 4.78 is 2.43. The van der Waals surface area contributed by atoms with E-state index in [0.717, 1.165) is 12.3 Å². The molecule has 1 aliphatic carbocycles. The summed E-state index contributed by atoms with van der Waals surface area (Å²) in [4.78, 5) is 0. The molecular formula is C16H22N2. The van der Waals surface area contributed by atoms with Gasteiger partial charge in [-0.1, -0.05) is 12.1 Å². The highest BCUT2D eigenvalue weighted by molar-refractivity contribution is 5.80. The normalized spacial score (nSPS) is 17.2. The van der Waals surface area contributed by atoms with E-state index in [1.165, 1.54) is 35.9 Å². The number of likely N-dealkylation sites (N-methyl/N-ethyl adjacent to an activating group) is 1. The van der Waals surface area contributed by atoms with Crippen LogP contribution in [-0.2, 0) is 13.0 Å². The molecule has 0 radical (unpaired) electrons. The summed E-state index contributed by atoms with van der Waals surface area (Å²) in [5.74, 6) is 0.931. The van der Waals surface area contributed by atoms with Gasteiger partial charge in [0.05, 0.1) is 0 Å². The first-order chi connectivity index (χ1) is 8.76. The topological polar surface area (TPSA) is 17.0 Å². The van der Waals surface area contributed by atoms with Crippen LogP contribution in [-0.4, -0.2) is 17.7 Å². The van der Waals surface area contributed by atoms with E-state index in [1.54, 1.807) is 0 Å². The molecule has 1 N–H and O–H groups in total. The average Bonchev–Trinajstić information content (AvgIpc) is 3.11. The van der Waals surface area contributed by atoms with Crippen LogP contribution in [0, 0.1) is 5.92 Å². The van der Waals surface area contributed by atoms with E-state index in [4.69, 9.17) is 0 Å². The van der Waals surface area contributed by atoms with Crippen LogP contribution < -0.4 is 5.32 Å². The fourth-order valence-electron chi connectivity index (χ4n) is 2.55. The standard InChI is InChI=1S/C16H22N2/c1-12(17-2)9-14-5-6-15-7-8-18(16(15)10-14)11-13-3-4-13/h5-8,10,12-13,17H,3-4,9,11H2,1-2H3. The van der Waals surface area contributed by atoms with Crippen LogP contribution in [0.25, 0.3) is 10.9 Å². The molecule has 2 aromatic rings. The largest absolute Gasteiger partial charge is 0.347 e. The molecule has 1 unspecified atom stereocenters. The van der Waals surface area contributed by atoms with Gasteiger partial charge in [-0.25, -0.2) is 0 Å².